The van der Waals surface area contributed by atoms with Gasteiger partial charge in [0.2, 0.25) is 0 Å². The van der Waals surface area contributed by atoms with E-state index >= 15 is 0 Å². The Hall–Kier alpha value is -2.28. The summed E-state index contributed by atoms with van der Waals surface area (Å²) >= 11 is 0. The van der Waals surface area contributed by atoms with Crippen LogP contribution in [-0.2, 0) is 4.79 Å². The van der Waals surface area contributed by atoms with Crippen molar-refractivity contribution in [2.24, 2.45) is 5.41 Å². The Morgan fingerprint density at radius 2 is 1.90 bits per heavy atom. The topological polar surface area (TPSA) is 59.3 Å². The summed E-state index contributed by atoms with van der Waals surface area (Å²) in [4.78, 5) is 12.1. The molecular formula is C16H17NO3. The maximum atomic E-state index is 12.1. The van der Waals surface area contributed by atoms with Gasteiger partial charge in [-0.3, -0.25) is 4.79 Å². The van der Waals surface area contributed by atoms with Crippen LogP contribution in [0, 0.1) is 16.7 Å². The molecule has 1 heterocycles. The molecule has 20 heavy (non-hydrogen) atoms. The first kappa shape index (κ1) is 14.1. The van der Waals surface area contributed by atoms with Gasteiger partial charge < -0.3 is 9.47 Å². The average Bonchev–Trinajstić information content (AvgIpc) is 2.43. The molecule has 0 bridgehead atoms. The van der Waals surface area contributed by atoms with Crippen LogP contribution in [0.2, 0.25) is 0 Å². The lowest BCUT2D eigenvalue weighted by atomic mass is 9.86. The summed E-state index contributed by atoms with van der Waals surface area (Å²) in [7, 11) is 0. The van der Waals surface area contributed by atoms with Crippen LogP contribution in [0.1, 0.15) is 26.3 Å². The zero-order valence-corrected chi connectivity index (χ0v) is 11.9. The number of benzene rings is 1. The molecule has 104 valence electrons. The van der Waals surface area contributed by atoms with Crippen molar-refractivity contribution in [3.8, 4) is 17.6 Å². The van der Waals surface area contributed by atoms with Crippen LogP contribution in [0.25, 0.3) is 6.08 Å². The van der Waals surface area contributed by atoms with E-state index in [1.165, 1.54) is 0 Å². The number of carbonyl (C=O) groups is 1. The highest BCUT2D eigenvalue weighted by atomic mass is 16.6. The molecule has 0 spiro atoms. The SMILES string of the molecule is CC(C)(C)C(=O)/C(C#N)=C/c1ccc2c(c1)OCCO2. The second-order valence-corrected chi connectivity index (χ2v) is 5.65. The molecular weight excluding hydrogens is 254 g/mol. The van der Waals surface area contributed by atoms with E-state index in [1.807, 2.05) is 6.07 Å². The van der Waals surface area contributed by atoms with E-state index in [4.69, 9.17) is 14.7 Å². The standard InChI is InChI=1S/C16H17NO3/c1-16(2,3)15(18)12(10-17)8-11-4-5-13-14(9-11)20-7-6-19-13/h4-5,8-9H,6-7H2,1-3H3/b12-8+. The Kier molecular flexibility index (Phi) is 3.80. The fraction of sp³-hybridized carbons (Fsp3) is 0.375. The summed E-state index contributed by atoms with van der Waals surface area (Å²) < 4.78 is 10.9. The predicted octanol–water partition coefficient (Wildman–Crippen LogP) is 2.98. The van der Waals surface area contributed by atoms with E-state index in [0.29, 0.717) is 24.7 Å². The van der Waals surface area contributed by atoms with Gasteiger partial charge in [0.15, 0.2) is 17.3 Å². The molecule has 2 rings (SSSR count). The largest absolute Gasteiger partial charge is 0.486 e. The number of ether oxygens (including phenoxy) is 2. The Bertz CT molecular complexity index is 603. The lowest BCUT2D eigenvalue weighted by molar-refractivity contribution is -0.121. The Balaban J connectivity index is 2.34. The molecule has 0 fully saturated rings. The number of allylic oxidation sites excluding steroid dienone is 1. The van der Waals surface area contributed by atoms with E-state index in [0.717, 1.165) is 5.56 Å². The van der Waals surface area contributed by atoms with Gasteiger partial charge in [-0.25, -0.2) is 0 Å². The van der Waals surface area contributed by atoms with Crippen LogP contribution in [0.15, 0.2) is 23.8 Å². The van der Waals surface area contributed by atoms with Crippen LogP contribution in [0.3, 0.4) is 0 Å². The van der Waals surface area contributed by atoms with Gasteiger partial charge in [0.1, 0.15) is 19.3 Å². The van der Waals surface area contributed by atoms with Crippen LogP contribution >= 0.6 is 0 Å². The number of rotatable bonds is 2. The molecule has 1 aliphatic heterocycles. The van der Waals surface area contributed by atoms with Gasteiger partial charge in [-0.15, -0.1) is 0 Å². The number of hydrogen-bond acceptors (Lipinski definition) is 4. The highest BCUT2D eigenvalue weighted by Crippen LogP contribution is 2.31. The van der Waals surface area contributed by atoms with Gasteiger partial charge in [-0.2, -0.15) is 5.26 Å². The van der Waals surface area contributed by atoms with Gasteiger partial charge in [-0.05, 0) is 23.8 Å². The number of hydrogen-bond donors (Lipinski definition) is 0. The average molecular weight is 271 g/mol. The van der Waals surface area contributed by atoms with E-state index in [2.05, 4.69) is 0 Å². The summed E-state index contributed by atoms with van der Waals surface area (Å²) in [5.74, 6) is 1.16. The third kappa shape index (κ3) is 3.00. The minimum absolute atomic E-state index is 0.147. The van der Waals surface area contributed by atoms with Crippen LogP contribution in [0.5, 0.6) is 11.5 Å². The zero-order valence-electron chi connectivity index (χ0n) is 11.9. The number of carbonyl (C=O) groups excluding carboxylic acids is 1. The first-order valence-electron chi connectivity index (χ1n) is 6.48. The molecule has 0 radical (unpaired) electrons. The lowest BCUT2D eigenvalue weighted by Crippen LogP contribution is -2.21. The molecule has 1 aromatic carbocycles. The van der Waals surface area contributed by atoms with Gasteiger partial charge in [0.05, 0.1) is 5.57 Å². The predicted molar refractivity (Wildman–Crippen MR) is 75.5 cm³/mol. The quantitative estimate of drug-likeness (QED) is 0.613. The van der Waals surface area contributed by atoms with Gasteiger partial charge >= 0.3 is 0 Å². The van der Waals surface area contributed by atoms with Crippen molar-refractivity contribution in [1.29, 1.82) is 5.26 Å². The molecule has 0 atom stereocenters. The monoisotopic (exact) mass is 271 g/mol. The molecule has 1 aliphatic rings. The normalized spacial score (nSPS) is 14.6. The number of nitrogens with zero attached hydrogens (tertiary/aromatic N) is 1. The van der Waals surface area contributed by atoms with E-state index in [-0.39, 0.29) is 11.4 Å². The summed E-state index contributed by atoms with van der Waals surface area (Å²) in [6.07, 6.45) is 1.59. The van der Waals surface area contributed by atoms with Gasteiger partial charge in [0, 0.05) is 5.41 Å². The second kappa shape index (κ2) is 5.38. The van der Waals surface area contributed by atoms with E-state index < -0.39 is 5.41 Å². The Morgan fingerprint density at radius 3 is 2.50 bits per heavy atom. The van der Waals surface area contributed by atoms with Crippen LogP contribution in [0.4, 0.5) is 0 Å². The Labute approximate surface area is 118 Å². The highest BCUT2D eigenvalue weighted by molar-refractivity contribution is 6.06. The van der Waals surface area contributed by atoms with Crippen molar-refractivity contribution in [2.45, 2.75) is 20.8 Å². The second-order valence-electron chi connectivity index (χ2n) is 5.65. The fourth-order valence-electron chi connectivity index (χ4n) is 1.87. The van der Waals surface area contributed by atoms with Crippen LogP contribution in [-0.4, -0.2) is 19.0 Å². The lowest BCUT2D eigenvalue weighted by Gasteiger charge is -2.18. The van der Waals surface area contributed by atoms with Crippen molar-refractivity contribution in [2.75, 3.05) is 13.2 Å². The van der Waals surface area contributed by atoms with Crippen molar-refractivity contribution in [1.82, 2.24) is 0 Å². The van der Waals surface area contributed by atoms with E-state index in [1.54, 1.807) is 45.0 Å². The van der Waals surface area contributed by atoms with E-state index in [9.17, 15) is 4.79 Å². The van der Waals surface area contributed by atoms with Crippen molar-refractivity contribution >= 4 is 11.9 Å². The number of fused-ring (bicyclic) bond motifs is 1. The summed E-state index contributed by atoms with van der Waals surface area (Å²) in [6.45, 7) is 6.43. The molecule has 4 heteroatoms. The molecule has 1 aromatic rings. The maximum Gasteiger partial charge on any atom is 0.178 e. The zero-order chi connectivity index (χ0) is 14.8. The fourth-order valence-corrected chi connectivity index (χ4v) is 1.87. The molecule has 0 N–H and O–H groups in total. The molecule has 0 unspecified atom stereocenters. The number of Topliss-reactive ketones (excluding diaryl/α,β-unsaturated/α-hetero) is 1. The Morgan fingerprint density at radius 1 is 1.25 bits per heavy atom. The van der Waals surface area contributed by atoms with Crippen molar-refractivity contribution in [3.05, 3.63) is 29.3 Å². The molecule has 0 aromatic heterocycles. The van der Waals surface area contributed by atoms with Crippen molar-refractivity contribution in [3.63, 3.8) is 0 Å². The molecule has 0 aliphatic carbocycles. The number of nitriles is 1. The molecule has 0 amide bonds. The van der Waals surface area contributed by atoms with Crippen molar-refractivity contribution < 1.29 is 14.3 Å². The molecule has 4 nitrogen and oxygen atoms in total. The molecule has 0 saturated carbocycles. The number of ketones is 1. The summed E-state index contributed by atoms with van der Waals surface area (Å²) in [6, 6.07) is 7.35. The minimum atomic E-state index is -0.574. The summed E-state index contributed by atoms with van der Waals surface area (Å²) in [5.41, 5.74) is 0.327. The minimum Gasteiger partial charge on any atom is -0.486 e. The van der Waals surface area contributed by atoms with Gasteiger partial charge in [0.25, 0.3) is 0 Å². The van der Waals surface area contributed by atoms with Crippen LogP contribution < -0.4 is 9.47 Å². The highest BCUT2D eigenvalue weighted by Gasteiger charge is 2.25. The first-order chi connectivity index (χ1) is 9.41. The maximum absolute atomic E-state index is 12.1. The summed E-state index contributed by atoms with van der Waals surface area (Å²) in [5, 5.41) is 9.16. The smallest absolute Gasteiger partial charge is 0.178 e. The third-order valence-electron chi connectivity index (χ3n) is 2.92. The first-order valence-corrected chi connectivity index (χ1v) is 6.48. The molecule has 0 saturated heterocycles. The third-order valence-corrected chi connectivity index (χ3v) is 2.92. The van der Waals surface area contributed by atoms with Gasteiger partial charge in [-0.1, -0.05) is 26.8 Å².